The van der Waals surface area contributed by atoms with Crippen molar-refractivity contribution in [1.29, 1.82) is 0 Å². The van der Waals surface area contributed by atoms with Gasteiger partial charge in [-0.3, -0.25) is 14.2 Å². The van der Waals surface area contributed by atoms with E-state index in [1.54, 1.807) is 17.0 Å². The predicted molar refractivity (Wildman–Crippen MR) is 99.5 cm³/mol. The number of carbonyl (C=O) groups excluding carboxylic acids is 1. The summed E-state index contributed by atoms with van der Waals surface area (Å²) in [4.78, 5) is 31.4. The lowest BCUT2D eigenvalue weighted by molar-refractivity contribution is -0.133. The largest absolute Gasteiger partial charge is 0.343 e. The van der Waals surface area contributed by atoms with Crippen LogP contribution in [0, 0.1) is 12.8 Å². The minimum atomic E-state index is -0.0735. The fourth-order valence-electron chi connectivity index (χ4n) is 3.72. The van der Waals surface area contributed by atoms with Gasteiger partial charge in [0.2, 0.25) is 5.91 Å². The molecule has 2 aromatic rings. The molecular weight excluding hydrogens is 314 g/mol. The van der Waals surface area contributed by atoms with E-state index in [-0.39, 0.29) is 11.5 Å². The molecule has 134 valence electrons. The van der Waals surface area contributed by atoms with Gasteiger partial charge in [0, 0.05) is 26.1 Å². The van der Waals surface area contributed by atoms with Gasteiger partial charge in [-0.1, -0.05) is 19.1 Å². The van der Waals surface area contributed by atoms with E-state index in [0.29, 0.717) is 24.4 Å². The highest BCUT2D eigenvalue weighted by Crippen LogP contribution is 2.26. The summed E-state index contributed by atoms with van der Waals surface area (Å²) in [6.45, 7) is 4.60. The fraction of sp³-hybridized carbons (Fsp3) is 0.550. The van der Waals surface area contributed by atoms with Crippen molar-refractivity contribution in [2.75, 3.05) is 7.05 Å². The van der Waals surface area contributed by atoms with Crippen LogP contribution in [-0.2, 0) is 11.3 Å². The number of benzene rings is 1. The molecule has 5 nitrogen and oxygen atoms in total. The van der Waals surface area contributed by atoms with Crippen LogP contribution in [0.25, 0.3) is 10.9 Å². The van der Waals surface area contributed by atoms with Crippen molar-refractivity contribution in [3.8, 4) is 0 Å². The van der Waals surface area contributed by atoms with E-state index in [1.807, 2.05) is 31.0 Å². The maximum absolute atomic E-state index is 12.6. The number of nitrogens with zero attached hydrogens (tertiary/aromatic N) is 3. The third-order valence-corrected chi connectivity index (χ3v) is 5.55. The van der Waals surface area contributed by atoms with Crippen molar-refractivity contribution in [1.82, 2.24) is 14.5 Å². The van der Waals surface area contributed by atoms with E-state index in [2.05, 4.69) is 11.9 Å². The third kappa shape index (κ3) is 3.75. The molecule has 1 aromatic heterocycles. The first kappa shape index (κ1) is 17.6. The Hall–Kier alpha value is -2.17. The quantitative estimate of drug-likeness (QED) is 0.858. The molecule has 0 radical (unpaired) electrons. The minimum absolute atomic E-state index is 0.0735. The van der Waals surface area contributed by atoms with Gasteiger partial charge < -0.3 is 4.90 Å². The summed E-state index contributed by atoms with van der Waals surface area (Å²) in [5.41, 5.74) is 1.66. The van der Waals surface area contributed by atoms with Gasteiger partial charge in [0.1, 0.15) is 0 Å². The van der Waals surface area contributed by atoms with Crippen molar-refractivity contribution in [2.24, 2.45) is 5.92 Å². The van der Waals surface area contributed by atoms with Gasteiger partial charge in [0.25, 0.3) is 5.56 Å². The van der Waals surface area contributed by atoms with Crippen molar-refractivity contribution < 1.29 is 4.79 Å². The summed E-state index contributed by atoms with van der Waals surface area (Å²) in [5, 5.41) is 0.615. The molecule has 1 aromatic carbocycles. The second-order valence-electron chi connectivity index (χ2n) is 7.38. The van der Waals surface area contributed by atoms with Gasteiger partial charge in [-0.2, -0.15) is 0 Å². The number of hydrogen-bond acceptors (Lipinski definition) is 3. The first-order valence-corrected chi connectivity index (χ1v) is 9.18. The molecule has 0 spiro atoms. The molecule has 0 atom stereocenters. The molecule has 25 heavy (non-hydrogen) atoms. The zero-order valence-electron chi connectivity index (χ0n) is 15.4. The number of carbonyl (C=O) groups is 1. The lowest BCUT2D eigenvalue weighted by Gasteiger charge is -2.33. The van der Waals surface area contributed by atoms with Crippen molar-refractivity contribution in [3.63, 3.8) is 0 Å². The summed E-state index contributed by atoms with van der Waals surface area (Å²) < 4.78 is 1.55. The van der Waals surface area contributed by atoms with Gasteiger partial charge in [0.05, 0.1) is 17.2 Å². The van der Waals surface area contributed by atoms with E-state index in [4.69, 9.17) is 0 Å². The van der Waals surface area contributed by atoms with Gasteiger partial charge in [0.15, 0.2) is 0 Å². The number of para-hydroxylation sites is 1. The lowest BCUT2D eigenvalue weighted by Crippen LogP contribution is -2.39. The topological polar surface area (TPSA) is 55.2 Å². The Labute approximate surface area is 148 Å². The van der Waals surface area contributed by atoms with Crippen LogP contribution in [0.5, 0.6) is 0 Å². The zero-order valence-corrected chi connectivity index (χ0v) is 15.4. The molecule has 0 unspecified atom stereocenters. The summed E-state index contributed by atoms with van der Waals surface area (Å²) in [6, 6.07) is 5.96. The van der Waals surface area contributed by atoms with Crippen LogP contribution >= 0.6 is 0 Å². The van der Waals surface area contributed by atoms with Crippen LogP contribution < -0.4 is 5.56 Å². The zero-order chi connectivity index (χ0) is 18.0. The van der Waals surface area contributed by atoms with Crippen LogP contribution in [0.2, 0.25) is 0 Å². The number of amides is 1. The Morgan fingerprint density at radius 2 is 2.00 bits per heavy atom. The van der Waals surface area contributed by atoms with E-state index < -0.39 is 0 Å². The summed E-state index contributed by atoms with van der Waals surface area (Å²) in [7, 11) is 1.90. The van der Waals surface area contributed by atoms with Crippen molar-refractivity contribution in [3.05, 3.63) is 40.4 Å². The molecule has 1 saturated carbocycles. The predicted octanol–water partition coefficient (Wildman–Crippen LogP) is 3.13. The van der Waals surface area contributed by atoms with Gasteiger partial charge in [-0.15, -0.1) is 0 Å². The minimum Gasteiger partial charge on any atom is -0.343 e. The third-order valence-electron chi connectivity index (χ3n) is 5.55. The van der Waals surface area contributed by atoms with Crippen molar-refractivity contribution in [2.45, 2.75) is 58.5 Å². The van der Waals surface area contributed by atoms with Crippen LogP contribution in [0.1, 0.15) is 44.6 Å². The monoisotopic (exact) mass is 341 g/mol. The average molecular weight is 341 g/mol. The van der Waals surface area contributed by atoms with Gasteiger partial charge in [-0.25, -0.2) is 4.98 Å². The fourth-order valence-corrected chi connectivity index (χ4v) is 3.72. The summed E-state index contributed by atoms with van der Waals surface area (Å²) in [5.74, 6) is 0.876. The highest BCUT2D eigenvalue weighted by Gasteiger charge is 2.24. The number of fused-ring (bicyclic) bond motifs is 1. The Bertz CT molecular complexity index is 819. The Morgan fingerprint density at radius 1 is 1.28 bits per heavy atom. The van der Waals surface area contributed by atoms with E-state index in [9.17, 15) is 9.59 Å². The first-order chi connectivity index (χ1) is 12.0. The highest BCUT2D eigenvalue weighted by atomic mass is 16.2. The molecule has 1 aliphatic rings. The maximum atomic E-state index is 12.6. The standard InChI is InChI=1S/C20H27N3O2/c1-14-7-9-16(10-8-14)22(3)18(24)11-12-23-13-21-19-15(2)5-4-6-17(19)20(23)25/h4-6,13-14,16H,7-12H2,1-3H3. The normalized spacial score (nSPS) is 20.6. The van der Waals surface area contributed by atoms with E-state index >= 15 is 0 Å². The average Bonchev–Trinajstić information content (AvgIpc) is 2.61. The Balaban J connectivity index is 1.67. The summed E-state index contributed by atoms with van der Waals surface area (Å²) >= 11 is 0. The van der Waals surface area contributed by atoms with Gasteiger partial charge in [-0.05, 0) is 50.2 Å². The van der Waals surface area contributed by atoms with Crippen LogP contribution in [0.4, 0.5) is 0 Å². The van der Waals surface area contributed by atoms with Crippen LogP contribution in [-0.4, -0.2) is 33.4 Å². The van der Waals surface area contributed by atoms with Gasteiger partial charge >= 0.3 is 0 Å². The van der Waals surface area contributed by atoms with Crippen molar-refractivity contribution >= 4 is 16.8 Å². The maximum Gasteiger partial charge on any atom is 0.261 e. The summed E-state index contributed by atoms with van der Waals surface area (Å²) in [6.07, 6.45) is 6.44. The molecule has 0 bridgehead atoms. The first-order valence-electron chi connectivity index (χ1n) is 9.18. The molecule has 1 heterocycles. The smallest absolute Gasteiger partial charge is 0.261 e. The molecule has 1 amide bonds. The highest BCUT2D eigenvalue weighted by molar-refractivity contribution is 5.80. The Morgan fingerprint density at radius 3 is 2.72 bits per heavy atom. The number of hydrogen-bond donors (Lipinski definition) is 0. The molecule has 1 fully saturated rings. The molecule has 1 aliphatic carbocycles. The Kier molecular flexibility index (Phi) is 5.21. The molecule has 3 rings (SSSR count). The molecule has 0 N–H and O–H groups in total. The molecule has 5 heteroatoms. The number of rotatable bonds is 4. The van der Waals surface area contributed by atoms with Crippen LogP contribution in [0.3, 0.4) is 0 Å². The molecule has 0 aliphatic heterocycles. The second-order valence-corrected chi connectivity index (χ2v) is 7.38. The molecule has 0 saturated heterocycles. The van der Waals surface area contributed by atoms with E-state index in [0.717, 1.165) is 29.8 Å². The second kappa shape index (κ2) is 7.38. The molecular formula is C20H27N3O2. The number of aryl methyl sites for hydroxylation is 2. The lowest BCUT2D eigenvalue weighted by atomic mass is 9.86. The number of aromatic nitrogens is 2. The van der Waals surface area contributed by atoms with Crippen LogP contribution in [0.15, 0.2) is 29.3 Å². The van der Waals surface area contributed by atoms with E-state index in [1.165, 1.54) is 12.8 Å². The SMILES string of the molecule is Cc1cccc2c(=O)n(CCC(=O)N(C)C3CCC(C)CC3)cnc12.